The summed E-state index contributed by atoms with van der Waals surface area (Å²) in [6, 6.07) is 6.20. The molecule has 0 spiro atoms. The van der Waals surface area contributed by atoms with Crippen LogP contribution in [0.25, 0.3) is 10.9 Å². The molecule has 2 aromatic rings. The second kappa shape index (κ2) is 10.3. The van der Waals surface area contributed by atoms with Crippen molar-refractivity contribution in [3.63, 3.8) is 0 Å². The van der Waals surface area contributed by atoms with E-state index < -0.39 is 11.8 Å². The Morgan fingerprint density at radius 3 is 2.86 bits per heavy atom. The smallest absolute Gasteiger partial charge is 0.411 e. The second-order valence-corrected chi connectivity index (χ2v) is 9.01. The predicted octanol–water partition coefficient (Wildman–Crippen LogP) is 2.40. The van der Waals surface area contributed by atoms with Gasteiger partial charge in [0.05, 0.1) is 24.9 Å². The summed E-state index contributed by atoms with van der Waals surface area (Å²) in [6.45, 7) is 8.50. The molecule has 2 aliphatic rings. The zero-order valence-electron chi connectivity index (χ0n) is 20.5. The number of aryl methyl sites for hydroxylation is 1. The van der Waals surface area contributed by atoms with Crippen LogP contribution in [0.1, 0.15) is 19.4 Å². The van der Waals surface area contributed by atoms with Gasteiger partial charge in [0.2, 0.25) is 0 Å². The van der Waals surface area contributed by atoms with Crippen molar-refractivity contribution < 1.29 is 18.7 Å². The van der Waals surface area contributed by atoms with Crippen LogP contribution < -0.4 is 16.2 Å². The normalized spacial score (nSPS) is 19.3. The molecular weight excluding hydrogens is 467 g/mol. The van der Waals surface area contributed by atoms with Crippen LogP contribution in [0.2, 0.25) is 0 Å². The van der Waals surface area contributed by atoms with Crippen molar-refractivity contribution in [1.82, 2.24) is 20.1 Å². The van der Waals surface area contributed by atoms with Crippen LogP contribution >= 0.6 is 0 Å². The third kappa shape index (κ3) is 5.62. The predicted molar refractivity (Wildman–Crippen MR) is 135 cm³/mol. The first-order chi connectivity index (χ1) is 17.1. The van der Waals surface area contributed by atoms with Gasteiger partial charge < -0.3 is 24.7 Å². The lowest BCUT2D eigenvalue weighted by atomic mass is 10.1. The van der Waals surface area contributed by atoms with Crippen molar-refractivity contribution in [2.75, 3.05) is 26.4 Å². The monoisotopic (exact) mass is 496 g/mol. The number of nitrogens with one attached hydrogen (secondary N) is 2. The number of halogens is 1. The molecule has 0 unspecified atom stereocenters. The summed E-state index contributed by atoms with van der Waals surface area (Å²) in [7, 11) is 1.62. The highest BCUT2D eigenvalue weighted by Crippen LogP contribution is 2.21. The Bertz CT molecular complexity index is 1340. The Hall–Kier alpha value is -3.99. The fourth-order valence-electron chi connectivity index (χ4n) is 4.12. The lowest BCUT2D eigenvalue weighted by Gasteiger charge is -2.27. The number of fused-ring (bicyclic) bond motifs is 1. The number of ether oxygens (including phenoxy) is 2. The average Bonchev–Trinajstić information content (AvgIpc) is 3.18. The average molecular weight is 497 g/mol. The van der Waals surface area contributed by atoms with Crippen molar-refractivity contribution in [2.24, 2.45) is 17.0 Å². The van der Waals surface area contributed by atoms with Crippen LogP contribution in [0.4, 0.5) is 9.18 Å². The van der Waals surface area contributed by atoms with Gasteiger partial charge in [-0.15, -0.1) is 0 Å². The van der Waals surface area contributed by atoms with E-state index >= 15 is 0 Å². The van der Waals surface area contributed by atoms with E-state index in [0.29, 0.717) is 47.9 Å². The molecule has 2 aliphatic heterocycles. The molecule has 0 bridgehead atoms. The molecule has 10 nitrogen and oxygen atoms in total. The minimum atomic E-state index is -0.757. The quantitative estimate of drug-likeness (QED) is 0.630. The first-order valence-electron chi connectivity index (χ1n) is 11.5. The van der Waals surface area contributed by atoms with Gasteiger partial charge in [0, 0.05) is 37.1 Å². The summed E-state index contributed by atoms with van der Waals surface area (Å²) in [5.74, 6) is 0.316. The van der Waals surface area contributed by atoms with E-state index in [2.05, 4.69) is 27.2 Å². The summed E-state index contributed by atoms with van der Waals surface area (Å²) in [5.41, 5.74) is 0.688. The van der Waals surface area contributed by atoms with Gasteiger partial charge in [-0.2, -0.15) is 0 Å². The number of carbonyl (C=O) groups is 1. The molecule has 36 heavy (non-hydrogen) atoms. The number of hydrogen-bond donors (Lipinski definition) is 2. The van der Waals surface area contributed by atoms with E-state index in [-0.39, 0.29) is 24.7 Å². The standard InChI is InChI=1S/C25H29FN6O4/c1-16-14-35-15-28-12-21(30-25(2,3)29-16)32-13-18(36-24(32)34)11-27-10-9-19-20(26)7-5-17-6-8-22(33)31(4)23(17)19/h5-8,11-12,27,29H,1,9-10,13-15H2,2-4H3/b18-11-,28-12?,30-21?. The van der Waals surface area contributed by atoms with E-state index in [1.807, 2.05) is 13.8 Å². The molecule has 1 saturated heterocycles. The fraction of sp³-hybridized carbons (Fsp3) is 0.360. The molecule has 0 atom stereocenters. The number of carbonyl (C=O) groups excluding carboxylic acids is 1. The van der Waals surface area contributed by atoms with Gasteiger partial charge in [0.1, 0.15) is 24.0 Å². The summed E-state index contributed by atoms with van der Waals surface area (Å²) >= 11 is 0. The van der Waals surface area contributed by atoms with E-state index in [9.17, 15) is 14.0 Å². The Balaban J connectivity index is 1.45. The molecule has 0 aliphatic carbocycles. The third-order valence-corrected chi connectivity index (χ3v) is 5.67. The van der Waals surface area contributed by atoms with Crippen LogP contribution in [-0.4, -0.2) is 59.7 Å². The molecule has 4 rings (SSSR count). The number of aliphatic imine (C=N–C) groups is 2. The molecule has 2 N–H and O–H groups in total. The number of nitrogens with zero attached hydrogens (tertiary/aromatic N) is 4. The van der Waals surface area contributed by atoms with Crippen LogP contribution in [0.15, 0.2) is 63.3 Å². The minimum Gasteiger partial charge on any atom is -0.411 e. The molecule has 1 aromatic carbocycles. The molecule has 190 valence electrons. The fourth-order valence-corrected chi connectivity index (χ4v) is 4.12. The molecule has 1 fully saturated rings. The first-order valence-corrected chi connectivity index (χ1v) is 11.5. The largest absolute Gasteiger partial charge is 0.421 e. The second-order valence-electron chi connectivity index (χ2n) is 9.01. The van der Waals surface area contributed by atoms with Gasteiger partial charge in [0.25, 0.3) is 5.56 Å². The third-order valence-electron chi connectivity index (χ3n) is 5.67. The van der Waals surface area contributed by atoms with Crippen molar-refractivity contribution in [2.45, 2.75) is 25.9 Å². The topological polar surface area (TPSA) is 110 Å². The maximum Gasteiger partial charge on any atom is 0.421 e. The lowest BCUT2D eigenvalue weighted by Crippen LogP contribution is -2.42. The van der Waals surface area contributed by atoms with Crippen LogP contribution in [0.5, 0.6) is 0 Å². The number of benzene rings is 1. The van der Waals surface area contributed by atoms with Gasteiger partial charge in [0.15, 0.2) is 5.84 Å². The first kappa shape index (κ1) is 25.1. The molecular formula is C25H29FN6O4. The van der Waals surface area contributed by atoms with Gasteiger partial charge in [-0.05, 0) is 43.9 Å². The summed E-state index contributed by atoms with van der Waals surface area (Å²) in [4.78, 5) is 34.8. The van der Waals surface area contributed by atoms with E-state index in [1.165, 1.54) is 27.8 Å². The van der Waals surface area contributed by atoms with E-state index in [4.69, 9.17) is 9.47 Å². The number of hydrogen-bond acceptors (Lipinski definition) is 8. The zero-order chi connectivity index (χ0) is 25.9. The number of rotatable bonds is 4. The number of amidine groups is 1. The minimum absolute atomic E-state index is 0.101. The van der Waals surface area contributed by atoms with Gasteiger partial charge in [-0.3, -0.25) is 14.7 Å². The summed E-state index contributed by atoms with van der Waals surface area (Å²) in [5, 5.41) is 7.02. The Kier molecular flexibility index (Phi) is 7.20. The number of amides is 1. The Morgan fingerprint density at radius 1 is 1.28 bits per heavy atom. The van der Waals surface area contributed by atoms with Crippen LogP contribution in [0, 0.1) is 5.82 Å². The maximum absolute atomic E-state index is 14.6. The SMILES string of the molecule is C=C1COCN=CC(N2C/C(=C/NCCc3c(F)ccc4ccc(=O)n(C)c34)OC2=O)=NC(C)(C)N1. The molecule has 1 aromatic heterocycles. The van der Waals surface area contributed by atoms with Gasteiger partial charge in [-0.25, -0.2) is 14.2 Å². The van der Waals surface area contributed by atoms with Crippen molar-refractivity contribution in [3.8, 4) is 0 Å². The summed E-state index contributed by atoms with van der Waals surface area (Å²) < 4.78 is 26.8. The molecule has 1 amide bonds. The molecule has 0 saturated carbocycles. The molecule has 3 heterocycles. The number of pyridine rings is 1. The molecule has 0 radical (unpaired) electrons. The zero-order valence-corrected chi connectivity index (χ0v) is 20.5. The van der Waals surface area contributed by atoms with E-state index in [1.54, 1.807) is 25.4 Å². The van der Waals surface area contributed by atoms with E-state index in [0.717, 1.165) is 5.39 Å². The molecule has 11 heteroatoms. The van der Waals surface area contributed by atoms with Gasteiger partial charge >= 0.3 is 6.09 Å². The Morgan fingerprint density at radius 2 is 2.06 bits per heavy atom. The highest BCUT2D eigenvalue weighted by atomic mass is 19.1. The lowest BCUT2D eigenvalue weighted by molar-refractivity contribution is 0.157. The van der Waals surface area contributed by atoms with Crippen molar-refractivity contribution >= 4 is 29.0 Å². The van der Waals surface area contributed by atoms with Crippen molar-refractivity contribution in [3.05, 3.63) is 70.2 Å². The number of cyclic esters (lactones) is 1. The van der Waals surface area contributed by atoms with Crippen molar-refractivity contribution in [1.29, 1.82) is 0 Å². The Labute approximate surface area is 207 Å². The highest BCUT2D eigenvalue weighted by molar-refractivity contribution is 6.32. The number of aromatic nitrogens is 1. The summed E-state index contributed by atoms with van der Waals surface area (Å²) in [6.07, 6.45) is 2.79. The van der Waals surface area contributed by atoms with Crippen LogP contribution in [-0.2, 0) is 22.9 Å². The highest BCUT2D eigenvalue weighted by Gasteiger charge is 2.32. The maximum atomic E-state index is 14.6. The van der Waals surface area contributed by atoms with Crippen LogP contribution in [0.3, 0.4) is 0 Å². The van der Waals surface area contributed by atoms with Gasteiger partial charge in [-0.1, -0.05) is 6.58 Å².